The van der Waals surface area contributed by atoms with Gasteiger partial charge in [-0.2, -0.15) is 0 Å². The summed E-state index contributed by atoms with van der Waals surface area (Å²) in [4.78, 5) is 16.3. The number of carbonyl (C=O) groups is 1. The zero-order valence-electron chi connectivity index (χ0n) is 11.1. The SMILES string of the molecule is CC(C)(Sc1ccncc1-c1ccc(Br)cc1)C(=O)O. The third-order valence-electron chi connectivity index (χ3n) is 2.82. The van der Waals surface area contributed by atoms with E-state index in [1.807, 2.05) is 30.3 Å². The molecule has 0 unspecified atom stereocenters. The Morgan fingerprint density at radius 3 is 2.50 bits per heavy atom. The summed E-state index contributed by atoms with van der Waals surface area (Å²) in [6, 6.07) is 9.74. The largest absolute Gasteiger partial charge is 0.480 e. The predicted molar refractivity (Wildman–Crippen MR) is 84.9 cm³/mol. The van der Waals surface area contributed by atoms with Crippen LogP contribution in [0, 0.1) is 0 Å². The molecule has 1 heterocycles. The Morgan fingerprint density at radius 1 is 1.25 bits per heavy atom. The molecule has 0 saturated heterocycles. The summed E-state index contributed by atoms with van der Waals surface area (Å²) in [5.41, 5.74) is 1.96. The van der Waals surface area contributed by atoms with Crippen molar-refractivity contribution in [2.24, 2.45) is 0 Å². The first-order valence-electron chi connectivity index (χ1n) is 6.02. The normalized spacial score (nSPS) is 11.3. The van der Waals surface area contributed by atoms with E-state index in [9.17, 15) is 9.90 Å². The molecule has 3 nitrogen and oxygen atoms in total. The van der Waals surface area contributed by atoms with Gasteiger partial charge in [0.1, 0.15) is 4.75 Å². The van der Waals surface area contributed by atoms with Crippen LogP contribution in [0.3, 0.4) is 0 Å². The Morgan fingerprint density at radius 2 is 1.90 bits per heavy atom. The highest BCUT2D eigenvalue weighted by atomic mass is 79.9. The molecule has 1 N–H and O–H groups in total. The third kappa shape index (κ3) is 3.41. The van der Waals surface area contributed by atoms with Crippen molar-refractivity contribution < 1.29 is 9.90 Å². The van der Waals surface area contributed by atoms with E-state index >= 15 is 0 Å². The van der Waals surface area contributed by atoms with Crippen LogP contribution in [-0.4, -0.2) is 20.8 Å². The molecule has 0 saturated carbocycles. The average Bonchev–Trinajstić information content (AvgIpc) is 2.40. The second-order valence-corrected chi connectivity index (χ2v) is 7.38. The molecule has 104 valence electrons. The first kappa shape index (κ1) is 15.1. The van der Waals surface area contributed by atoms with Gasteiger partial charge in [-0.05, 0) is 37.6 Å². The van der Waals surface area contributed by atoms with Crippen molar-refractivity contribution in [3.05, 3.63) is 47.2 Å². The second kappa shape index (κ2) is 5.97. The molecule has 0 spiro atoms. The van der Waals surface area contributed by atoms with Crippen LogP contribution < -0.4 is 0 Å². The Labute approximate surface area is 130 Å². The number of halogens is 1. The molecular formula is C15H14BrNO2S. The van der Waals surface area contributed by atoms with E-state index in [0.29, 0.717) is 0 Å². The van der Waals surface area contributed by atoms with Gasteiger partial charge in [0, 0.05) is 27.3 Å². The number of pyridine rings is 1. The first-order valence-corrected chi connectivity index (χ1v) is 7.63. The predicted octanol–water partition coefficient (Wildman–Crippen LogP) is 4.47. The Balaban J connectivity index is 2.41. The van der Waals surface area contributed by atoms with Gasteiger partial charge in [0.05, 0.1) is 0 Å². The van der Waals surface area contributed by atoms with Crippen molar-refractivity contribution in [1.82, 2.24) is 4.98 Å². The van der Waals surface area contributed by atoms with Gasteiger partial charge in [0.25, 0.3) is 0 Å². The highest BCUT2D eigenvalue weighted by molar-refractivity contribution is 9.10. The van der Waals surface area contributed by atoms with Gasteiger partial charge in [-0.1, -0.05) is 28.1 Å². The van der Waals surface area contributed by atoms with E-state index < -0.39 is 10.7 Å². The number of hydrogen-bond donors (Lipinski definition) is 1. The van der Waals surface area contributed by atoms with Crippen LogP contribution in [0.5, 0.6) is 0 Å². The molecule has 0 aliphatic carbocycles. The zero-order valence-corrected chi connectivity index (χ0v) is 13.5. The fraction of sp³-hybridized carbons (Fsp3) is 0.200. The van der Waals surface area contributed by atoms with E-state index in [1.54, 1.807) is 26.2 Å². The number of thioether (sulfide) groups is 1. The Bertz CT molecular complexity index is 626. The minimum absolute atomic E-state index is 0.832. The number of benzene rings is 1. The van der Waals surface area contributed by atoms with Crippen molar-refractivity contribution in [3.63, 3.8) is 0 Å². The number of aromatic nitrogens is 1. The van der Waals surface area contributed by atoms with Crippen molar-refractivity contribution in [3.8, 4) is 11.1 Å². The molecule has 0 aliphatic heterocycles. The summed E-state index contributed by atoms with van der Waals surface area (Å²) in [6.45, 7) is 3.40. The molecule has 0 aliphatic rings. The molecule has 2 aromatic rings. The molecule has 1 aromatic heterocycles. The maximum absolute atomic E-state index is 11.3. The lowest BCUT2D eigenvalue weighted by atomic mass is 10.1. The van der Waals surface area contributed by atoms with E-state index in [1.165, 1.54) is 11.8 Å². The summed E-state index contributed by atoms with van der Waals surface area (Å²) < 4.78 is 0.121. The van der Waals surface area contributed by atoms with Crippen LogP contribution in [0.1, 0.15) is 13.8 Å². The van der Waals surface area contributed by atoms with Gasteiger partial charge < -0.3 is 5.11 Å². The van der Waals surface area contributed by atoms with Crippen LogP contribution in [-0.2, 0) is 4.79 Å². The van der Waals surface area contributed by atoms with E-state index in [4.69, 9.17) is 0 Å². The molecule has 0 radical (unpaired) electrons. The number of rotatable bonds is 4. The molecule has 0 atom stereocenters. The van der Waals surface area contributed by atoms with Gasteiger partial charge in [-0.25, -0.2) is 0 Å². The Kier molecular flexibility index (Phi) is 4.50. The van der Waals surface area contributed by atoms with Gasteiger partial charge in [-0.15, -0.1) is 11.8 Å². The number of carboxylic acid groups (broad SMARTS) is 1. The van der Waals surface area contributed by atoms with Crippen LogP contribution in [0.15, 0.2) is 52.1 Å². The van der Waals surface area contributed by atoms with Crippen LogP contribution >= 0.6 is 27.7 Å². The summed E-state index contributed by atoms with van der Waals surface area (Å²) in [6.07, 6.45) is 3.45. The summed E-state index contributed by atoms with van der Waals surface area (Å²) in [5.74, 6) is -0.832. The molecule has 20 heavy (non-hydrogen) atoms. The first-order chi connectivity index (χ1) is 9.40. The number of carboxylic acids is 1. The molecular weight excluding hydrogens is 338 g/mol. The summed E-state index contributed by atoms with van der Waals surface area (Å²) >= 11 is 4.73. The van der Waals surface area contributed by atoms with Crippen LogP contribution in [0.4, 0.5) is 0 Å². The molecule has 5 heteroatoms. The Hall–Kier alpha value is -1.33. The summed E-state index contributed by atoms with van der Waals surface area (Å²) in [5, 5.41) is 9.26. The fourth-order valence-electron chi connectivity index (χ4n) is 1.64. The summed E-state index contributed by atoms with van der Waals surface area (Å²) in [7, 11) is 0. The fourth-order valence-corrected chi connectivity index (χ4v) is 2.95. The third-order valence-corrected chi connectivity index (χ3v) is 4.61. The van der Waals surface area contributed by atoms with Gasteiger partial charge in [-0.3, -0.25) is 9.78 Å². The van der Waals surface area contributed by atoms with Gasteiger partial charge in [0.15, 0.2) is 0 Å². The molecule has 0 amide bonds. The van der Waals surface area contributed by atoms with E-state index in [-0.39, 0.29) is 0 Å². The lowest BCUT2D eigenvalue weighted by Gasteiger charge is -2.20. The van der Waals surface area contributed by atoms with Crippen LogP contribution in [0.25, 0.3) is 11.1 Å². The zero-order chi connectivity index (χ0) is 14.8. The molecule has 1 aromatic carbocycles. The number of hydrogen-bond acceptors (Lipinski definition) is 3. The molecule has 0 fully saturated rings. The smallest absolute Gasteiger partial charge is 0.319 e. The number of aliphatic carboxylic acids is 1. The molecule has 0 bridgehead atoms. The lowest BCUT2D eigenvalue weighted by Crippen LogP contribution is -2.27. The topological polar surface area (TPSA) is 50.2 Å². The quantitative estimate of drug-likeness (QED) is 0.825. The minimum atomic E-state index is -0.883. The molecule has 2 rings (SSSR count). The number of nitrogens with zero attached hydrogens (tertiary/aromatic N) is 1. The highest BCUT2D eigenvalue weighted by Crippen LogP contribution is 2.38. The average molecular weight is 352 g/mol. The maximum Gasteiger partial charge on any atom is 0.319 e. The standard InChI is InChI=1S/C15H14BrNO2S/c1-15(2,14(18)19)20-13-7-8-17-9-12(13)10-3-5-11(16)6-4-10/h3-9H,1-2H3,(H,18,19). The minimum Gasteiger partial charge on any atom is -0.480 e. The van der Waals surface area contributed by atoms with Crippen molar-refractivity contribution in [2.75, 3.05) is 0 Å². The highest BCUT2D eigenvalue weighted by Gasteiger charge is 2.29. The van der Waals surface area contributed by atoms with Crippen molar-refractivity contribution in [1.29, 1.82) is 0 Å². The van der Waals surface area contributed by atoms with Crippen molar-refractivity contribution >= 4 is 33.7 Å². The lowest BCUT2D eigenvalue weighted by molar-refractivity contribution is -0.138. The van der Waals surface area contributed by atoms with Crippen LogP contribution in [0.2, 0.25) is 0 Å². The van der Waals surface area contributed by atoms with Gasteiger partial charge >= 0.3 is 5.97 Å². The maximum atomic E-state index is 11.3. The monoisotopic (exact) mass is 351 g/mol. The van der Waals surface area contributed by atoms with Gasteiger partial charge in [0.2, 0.25) is 0 Å². The second-order valence-electron chi connectivity index (χ2n) is 4.80. The van der Waals surface area contributed by atoms with E-state index in [2.05, 4.69) is 20.9 Å². The van der Waals surface area contributed by atoms with E-state index in [0.717, 1.165) is 20.5 Å². The van der Waals surface area contributed by atoms with Crippen molar-refractivity contribution in [2.45, 2.75) is 23.5 Å².